The van der Waals surface area contributed by atoms with Gasteiger partial charge < -0.3 is 15.5 Å². The van der Waals surface area contributed by atoms with E-state index in [9.17, 15) is 9.59 Å². The third-order valence-electron chi connectivity index (χ3n) is 3.46. The lowest BCUT2D eigenvalue weighted by atomic mass is 9.91. The summed E-state index contributed by atoms with van der Waals surface area (Å²) in [4.78, 5) is 26.3. The fraction of sp³-hybridized carbons (Fsp3) is 0.500. The molecular formula is C16H22BN3O2. The SMILES string of the molecule is [B]c1cc(C(=O)NCCCN(C)C)cc(C(=O)NC2CC2)c1. The fourth-order valence-corrected chi connectivity index (χ4v) is 2.11. The van der Waals surface area contributed by atoms with E-state index >= 15 is 0 Å². The molecule has 2 rings (SSSR count). The highest BCUT2D eigenvalue weighted by molar-refractivity contribution is 6.33. The molecule has 1 aliphatic carbocycles. The second kappa shape index (κ2) is 7.45. The maximum absolute atomic E-state index is 12.1. The number of hydrogen-bond acceptors (Lipinski definition) is 3. The van der Waals surface area contributed by atoms with Crippen molar-refractivity contribution in [3.05, 3.63) is 29.3 Å². The van der Waals surface area contributed by atoms with Crippen LogP contribution in [0.1, 0.15) is 40.0 Å². The topological polar surface area (TPSA) is 61.4 Å². The zero-order chi connectivity index (χ0) is 16.1. The Kier molecular flexibility index (Phi) is 5.60. The number of amides is 2. The first-order chi connectivity index (χ1) is 10.5. The fourth-order valence-electron chi connectivity index (χ4n) is 2.11. The van der Waals surface area contributed by atoms with Crippen molar-refractivity contribution in [2.24, 2.45) is 0 Å². The minimum Gasteiger partial charge on any atom is -0.352 e. The number of rotatable bonds is 7. The first kappa shape index (κ1) is 16.6. The maximum atomic E-state index is 12.1. The van der Waals surface area contributed by atoms with Crippen molar-refractivity contribution in [2.75, 3.05) is 27.2 Å². The molecule has 0 heterocycles. The Labute approximate surface area is 132 Å². The van der Waals surface area contributed by atoms with Crippen molar-refractivity contribution in [1.82, 2.24) is 15.5 Å². The van der Waals surface area contributed by atoms with Crippen LogP contribution in [0.4, 0.5) is 0 Å². The molecule has 0 aromatic heterocycles. The van der Waals surface area contributed by atoms with E-state index in [2.05, 4.69) is 15.5 Å². The van der Waals surface area contributed by atoms with Crippen molar-refractivity contribution >= 4 is 25.1 Å². The largest absolute Gasteiger partial charge is 0.352 e. The minimum atomic E-state index is -0.202. The van der Waals surface area contributed by atoms with Crippen molar-refractivity contribution < 1.29 is 9.59 Å². The highest BCUT2D eigenvalue weighted by atomic mass is 16.2. The summed E-state index contributed by atoms with van der Waals surface area (Å²) in [6.07, 6.45) is 2.91. The lowest BCUT2D eigenvalue weighted by Crippen LogP contribution is -2.30. The van der Waals surface area contributed by atoms with Crippen LogP contribution in [0.5, 0.6) is 0 Å². The molecule has 0 atom stereocenters. The van der Waals surface area contributed by atoms with E-state index in [0.717, 1.165) is 25.8 Å². The van der Waals surface area contributed by atoms with Crippen LogP contribution in [-0.2, 0) is 0 Å². The van der Waals surface area contributed by atoms with Crippen molar-refractivity contribution in [2.45, 2.75) is 25.3 Å². The van der Waals surface area contributed by atoms with Gasteiger partial charge in [-0.25, -0.2) is 0 Å². The van der Waals surface area contributed by atoms with Crippen LogP contribution in [0.15, 0.2) is 18.2 Å². The van der Waals surface area contributed by atoms with Gasteiger partial charge in [-0.05, 0) is 46.0 Å². The lowest BCUT2D eigenvalue weighted by Gasteiger charge is -2.11. The molecule has 1 saturated carbocycles. The molecule has 116 valence electrons. The molecular weight excluding hydrogens is 277 g/mol. The van der Waals surface area contributed by atoms with Crippen LogP contribution in [0.25, 0.3) is 0 Å². The van der Waals surface area contributed by atoms with Gasteiger partial charge in [0.25, 0.3) is 11.8 Å². The van der Waals surface area contributed by atoms with E-state index in [1.54, 1.807) is 18.2 Å². The summed E-state index contributed by atoms with van der Waals surface area (Å²) in [5, 5.41) is 5.74. The highest BCUT2D eigenvalue weighted by Crippen LogP contribution is 2.19. The van der Waals surface area contributed by atoms with Crippen LogP contribution in [0.2, 0.25) is 0 Å². The predicted octanol–water partition coefficient (Wildman–Crippen LogP) is 0.0541. The predicted molar refractivity (Wildman–Crippen MR) is 87.8 cm³/mol. The average Bonchev–Trinajstić information content (AvgIpc) is 3.26. The Hall–Kier alpha value is -1.82. The summed E-state index contributed by atoms with van der Waals surface area (Å²) in [7, 11) is 9.79. The summed E-state index contributed by atoms with van der Waals surface area (Å²) in [5.41, 5.74) is 1.28. The monoisotopic (exact) mass is 299 g/mol. The normalized spacial score (nSPS) is 14.0. The van der Waals surface area contributed by atoms with E-state index in [1.807, 2.05) is 14.1 Å². The van der Waals surface area contributed by atoms with Gasteiger partial charge >= 0.3 is 0 Å². The standard InChI is InChI=1S/C16H22BN3O2/c1-20(2)7-3-6-18-15(21)11-8-12(10-13(17)9-11)16(22)19-14-4-5-14/h8-10,14H,3-7H2,1-2H3,(H,18,21)(H,19,22). The van der Waals surface area contributed by atoms with Gasteiger partial charge in [-0.15, -0.1) is 0 Å². The van der Waals surface area contributed by atoms with E-state index < -0.39 is 0 Å². The Balaban J connectivity index is 1.95. The molecule has 1 aliphatic rings. The van der Waals surface area contributed by atoms with Gasteiger partial charge in [-0.2, -0.15) is 0 Å². The number of hydrogen-bond donors (Lipinski definition) is 2. The van der Waals surface area contributed by atoms with Gasteiger partial charge in [0.15, 0.2) is 0 Å². The summed E-state index contributed by atoms with van der Waals surface area (Å²) in [5.74, 6) is -0.372. The first-order valence-electron chi connectivity index (χ1n) is 7.60. The van der Waals surface area contributed by atoms with E-state index in [-0.39, 0.29) is 17.9 Å². The Morgan fingerprint density at radius 3 is 2.41 bits per heavy atom. The summed E-state index contributed by atoms with van der Waals surface area (Å²) in [6.45, 7) is 1.50. The highest BCUT2D eigenvalue weighted by Gasteiger charge is 2.24. The van der Waals surface area contributed by atoms with Crippen LogP contribution in [-0.4, -0.2) is 57.8 Å². The molecule has 0 bridgehead atoms. The number of benzene rings is 1. The number of nitrogens with zero attached hydrogens (tertiary/aromatic N) is 1. The molecule has 6 heteroatoms. The molecule has 2 radical (unpaired) electrons. The third-order valence-corrected chi connectivity index (χ3v) is 3.46. The molecule has 22 heavy (non-hydrogen) atoms. The van der Waals surface area contributed by atoms with Gasteiger partial charge in [0.05, 0.1) is 0 Å². The van der Waals surface area contributed by atoms with E-state index in [0.29, 0.717) is 23.1 Å². The Morgan fingerprint density at radius 2 is 1.82 bits per heavy atom. The summed E-state index contributed by atoms with van der Waals surface area (Å²) >= 11 is 0. The molecule has 0 unspecified atom stereocenters. The molecule has 0 aliphatic heterocycles. The smallest absolute Gasteiger partial charge is 0.251 e. The molecule has 0 spiro atoms. The molecule has 1 fully saturated rings. The van der Waals surface area contributed by atoms with Crippen molar-refractivity contribution in [3.63, 3.8) is 0 Å². The molecule has 5 nitrogen and oxygen atoms in total. The van der Waals surface area contributed by atoms with Crippen LogP contribution >= 0.6 is 0 Å². The molecule has 0 saturated heterocycles. The summed E-state index contributed by atoms with van der Waals surface area (Å²) < 4.78 is 0. The van der Waals surface area contributed by atoms with Crippen LogP contribution in [0.3, 0.4) is 0 Å². The van der Waals surface area contributed by atoms with Crippen LogP contribution in [0, 0.1) is 0 Å². The number of nitrogens with one attached hydrogen (secondary N) is 2. The quantitative estimate of drug-likeness (QED) is 0.553. The zero-order valence-corrected chi connectivity index (χ0v) is 13.2. The third kappa shape index (κ3) is 5.18. The molecule has 1 aromatic rings. The minimum absolute atomic E-state index is 0.170. The second-order valence-corrected chi connectivity index (χ2v) is 6.00. The van der Waals surface area contributed by atoms with Gasteiger partial charge in [0, 0.05) is 23.7 Å². The Morgan fingerprint density at radius 1 is 1.18 bits per heavy atom. The number of carbonyl (C=O) groups excluding carboxylic acids is 2. The van der Waals surface area contributed by atoms with E-state index in [1.165, 1.54) is 0 Å². The van der Waals surface area contributed by atoms with Crippen LogP contribution < -0.4 is 16.1 Å². The average molecular weight is 299 g/mol. The van der Waals surface area contributed by atoms with Crippen molar-refractivity contribution in [3.8, 4) is 0 Å². The maximum Gasteiger partial charge on any atom is 0.251 e. The van der Waals surface area contributed by atoms with Crippen molar-refractivity contribution in [1.29, 1.82) is 0 Å². The zero-order valence-electron chi connectivity index (χ0n) is 13.2. The molecule has 1 aromatic carbocycles. The number of carbonyl (C=O) groups is 2. The van der Waals surface area contributed by atoms with Gasteiger partial charge in [0.1, 0.15) is 7.85 Å². The van der Waals surface area contributed by atoms with E-state index in [4.69, 9.17) is 7.85 Å². The van der Waals surface area contributed by atoms with Gasteiger partial charge in [-0.3, -0.25) is 9.59 Å². The molecule has 2 amide bonds. The lowest BCUT2D eigenvalue weighted by molar-refractivity contribution is 0.0950. The molecule has 2 N–H and O–H groups in total. The Bertz CT molecular complexity index is 556. The van der Waals surface area contributed by atoms with Gasteiger partial charge in [-0.1, -0.05) is 17.6 Å². The van der Waals surface area contributed by atoms with Gasteiger partial charge in [0.2, 0.25) is 0 Å². The first-order valence-corrected chi connectivity index (χ1v) is 7.60. The second-order valence-electron chi connectivity index (χ2n) is 6.00. The summed E-state index contributed by atoms with van der Waals surface area (Å²) in [6, 6.07) is 5.06.